The maximum absolute atomic E-state index is 12.8. The van der Waals surface area contributed by atoms with Gasteiger partial charge in [-0.1, -0.05) is 6.07 Å². The fraction of sp³-hybridized carbons (Fsp3) is 0.467. The second kappa shape index (κ2) is 4.32. The van der Waals surface area contributed by atoms with E-state index in [1.165, 1.54) is 11.0 Å². The monoisotopic (exact) mass is 297 g/mol. The van der Waals surface area contributed by atoms with E-state index in [-0.39, 0.29) is 11.3 Å². The Labute approximate surface area is 119 Å². The molecule has 1 spiro atoms. The van der Waals surface area contributed by atoms with E-state index in [0.29, 0.717) is 31.2 Å². The Morgan fingerprint density at radius 2 is 1.76 bits per heavy atom. The highest BCUT2D eigenvalue weighted by atomic mass is 19.4. The number of hydrogen-bond acceptors (Lipinski definition) is 2. The van der Waals surface area contributed by atoms with Gasteiger partial charge in [0, 0.05) is 25.5 Å². The van der Waals surface area contributed by atoms with Crippen LogP contribution in [0.2, 0.25) is 0 Å². The Kier molecular flexibility index (Phi) is 2.90. The van der Waals surface area contributed by atoms with Gasteiger partial charge >= 0.3 is 6.18 Å². The molecular formula is C15H14F3NO2. The van der Waals surface area contributed by atoms with Gasteiger partial charge in [-0.15, -0.1) is 0 Å². The first kappa shape index (κ1) is 14.1. The number of rotatable bonds is 0. The number of alkyl halides is 3. The molecule has 3 nitrogen and oxygen atoms in total. The summed E-state index contributed by atoms with van der Waals surface area (Å²) in [7, 11) is 1.60. The minimum absolute atomic E-state index is 0.113. The molecule has 0 unspecified atom stereocenters. The summed E-state index contributed by atoms with van der Waals surface area (Å²) in [6.45, 7) is 0. The SMILES string of the molecule is CN1C(=O)c2cc(C(F)(F)F)ccc2C12CCC(=O)CC2. The molecule has 0 aromatic heterocycles. The molecule has 1 aromatic carbocycles. The van der Waals surface area contributed by atoms with E-state index in [9.17, 15) is 22.8 Å². The largest absolute Gasteiger partial charge is 0.416 e. The third kappa shape index (κ3) is 1.96. The topological polar surface area (TPSA) is 37.4 Å². The van der Waals surface area contributed by atoms with Crippen LogP contribution in [0, 0.1) is 0 Å². The van der Waals surface area contributed by atoms with E-state index in [0.717, 1.165) is 12.1 Å². The fourth-order valence-corrected chi connectivity index (χ4v) is 3.41. The highest BCUT2D eigenvalue weighted by Gasteiger charge is 2.49. The summed E-state index contributed by atoms with van der Waals surface area (Å²) >= 11 is 0. The van der Waals surface area contributed by atoms with Crippen LogP contribution in [0.3, 0.4) is 0 Å². The van der Waals surface area contributed by atoms with Gasteiger partial charge in [-0.3, -0.25) is 9.59 Å². The normalized spacial score (nSPS) is 21.0. The quantitative estimate of drug-likeness (QED) is 0.738. The summed E-state index contributed by atoms with van der Waals surface area (Å²) in [6, 6.07) is 3.35. The van der Waals surface area contributed by atoms with Crippen LogP contribution in [0.1, 0.15) is 47.2 Å². The van der Waals surface area contributed by atoms with Crippen molar-refractivity contribution in [2.24, 2.45) is 0 Å². The predicted octanol–water partition coefficient (Wildman–Crippen LogP) is 3.13. The molecule has 0 atom stereocenters. The van der Waals surface area contributed by atoms with E-state index in [4.69, 9.17) is 0 Å². The van der Waals surface area contributed by atoms with Crippen LogP contribution in [-0.2, 0) is 16.5 Å². The molecule has 6 heteroatoms. The average molecular weight is 297 g/mol. The summed E-state index contributed by atoms with van der Waals surface area (Å²) in [4.78, 5) is 25.2. The highest BCUT2D eigenvalue weighted by Crippen LogP contribution is 2.48. The Morgan fingerprint density at radius 1 is 1.14 bits per heavy atom. The number of ketones is 1. The number of amides is 1. The van der Waals surface area contributed by atoms with Gasteiger partial charge in [0.25, 0.3) is 5.91 Å². The number of fused-ring (bicyclic) bond motifs is 2. The molecule has 0 bridgehead atoms. The van der Waals surface area contributed by atoms with E-state index >= 15 is 0 Å². The van der Waals surface area contributed by atoms with E-state index in [1.807, 2.05) is 0 Å². The summed E-state index contributed by atoms with van der Waals surface area (Å²) in [5, 5.41) is 0. The zero-order valence-electron chi connectivity index (χ0n) is 11.5. The number of benzene rings is 1. The summed E-state index contributed by atoms with van der Waals surface area (Å²) in [5.74, 6) is -0.257. The Bertz CT molecular complexity index is 626. The van der Waals surface area contributed by atoms with Gasteiger partial charge in [0.2, 0.25) is 0 Å². The van der Waals surface area contributed by atoms with Crippen LogP contribution in [-0.4, -0.2) is 23.6 Å². The number of hydrogen-bond donors (Lipinski definition) is 0. The summed E-state index contributed by atoms with van der Waals surface area (Å²) < 4.78 is 38.4. The minimum Gasteiger partial charge on any atom is -0.332 e. The van der Waals surface area contributed by atoms with Crippen molar-refractivity contribution >= 4 is 11.7 Å². The molecule has 21 heavy (non-hydrogen) atoms. The van der Waals surface area contributed by atoms with Crippen molar-refractivity contribution in [3.8, 4) is 0 Å². The van der Waals surface area contributed by atoms with E-state index in [1.54, 1.807) is 7.05 Å². The van der Waals surface area contributed by atoms with Crippen molar-refractivity contribution in [3.05, 3.63) is 34.9 Å². The summed E-state index contributed by atoms with van der Waals surface area (Å²) in [6.07, 6.45) is -2.79. The second-order valence-electron chi connectivity index (χ2n) is 5.69. The van der Waals surface area contributed by atoms with E-state index in [2.05, 4.69) is 0 Å². The van der Waals surface area contributed by atoms with Crippen molar-refractivity contribution in [1.82, 2.24) is 4.90 Å². The Morgan fingerprint density at radius 3 is 2.33 bits per heavy atom. The molecule has 0 saturated heterocycles. The zero-order chi connectivity index (χ0) is 15.4. The maximum Gasteiger partial charge on any atom is 0.416 e. The molecule has 1 fully saturated rings. The zero-order valence-corrected chi connectivity index (χ0v) is 11.5. The van der Waals surface area contributed by atoms with Gasteiger partial charge in [-0.05, 0) is 30.5 Å². The lowest BCUT2D eigenvalue weighted by Crippen LogP contribution is -2.43. The van der Waals surface area contributed by atoms with Crippen molar-refractivity contribution < 1.29 is 22.8 Å². The van der Waals surface area contributed by atoms with Crippen LogP contribution >= 0.6 is 0 Å². The van der Waals surface area contributed by atoms with Gasteiger partial charge in [0.1, 0.15) is 5.78 Å². The molecule has 3 rings (SSSR count). The number of nitrogens with zero attached hydrogens (tertiary/aromatic N) is 1. The standard InChI is InChI=1S/C15H14F3NO2/c1-19-13(21)11-8-9(15(16,17)18)2-3-12(11)14(19)6-4-10(20)5-7-14/h2-3,8H,4-7H2,1H3. The van der Waals surface area contributed by atoms with Crippen molar-refractivity contribution in [3.63, 3.8) is 0 Å². The van der Waals surface area contributed by atoms with Crippen molar-refractivity contribution in [2.75, 3.05) is 7.05 Å². The third-order valence-corrected chi connectivity index (χ3v) is 4.66. The van der Waals surface area contributed by atoms with Crippen molar-refractivity contribution in [1.29, 1.82) is 0 Å². The first-order chi connectivity index (χ1) is 9.75. The number of Topliss-reactive ketones (excluding diaryl/α,β-unsaturated/α-hetero) is 1. The first-order valence-electron chi connectivity index (χ1n) is 6.77. The fourth-order valence-electron chi connectivity index (χ4n) is 3.41. The lowest BCUT2D eigenvalue weighted by atomic mass is 9.76. The van der Waals surface area contributed by atoms with Crippen molar-refractivity contribution in [2.45, 2.75) is 37.4 Å². The van der Waals surface area contributed by atoms with Gasteiger partial charge in [0.05, 0.1) is 11.1 Å². The Hall–Kier alpha value is -1.85. The van der Waals surface area contributed by atoms with Crippen LogP contribution in [0.4, 0.5) is 13.2 Å². The smallest absolute Gasteiger partial charge is 0.332 e. The molecule has 0 N–H and O–H groups in total. The van der Waals surface area contributed by atoms with Gasteiger partial charge < -0.3 is 4.90 Å². The van der Waals surface area contributed by atoms with Crippen LogP contribution in [0.15, 0.2) is 18.2 Å². The molecule has 2 aliphatic rings. The molecule has 1 aliphatic heterocycles. The average Bonchev–Trinajstić information content (AvgIpc) is 2.64. The van der Waals surface area contributed by atoms with Gasteiger partial charge in [0.15, 0.2) is 0 Å². The molecule has 1 aromatic rings. The third-order valence-electron chi connectivity index (χ3n) is 4.66. The highest BCUT2D eigenvalue weighted by molar-refractivity contribution is 6.00. The Balaban J connectivity index is 2.10. The van der Waals surface area contributed by atoms with Crippen LogP contribution in [0.5, 0.6) is 0 Å². The molecule has 1 aliphatic carbocycles. The lowest BCUT2D eigenvalue weighted by Gasteiger charge is -2.39. The second-order valence-corrected chi connectivity index (χ2v) is 5.69. The predicted molar refractivity (Wildman–Crippen MR) is 68.7 cm³/mol. The van der Waals surface area contributed by atoms with Gasteiger partial charge in [-0.2, -0.15) is 13.2 Å². The maximum atomic E-state index is 12.8. The minimum atomic E-state index is -4.47. The van der Waals surface area contributed by atoms with Crippen LogP contribution < -0.4 is 0 Å². The van der Waals surface area contributed by atoms with E-state index < -0.39 is 23.2 Å². The van der Waals surface area contributed by atoms with Crippen LogP contribution in [0.25, 0.3) is 0 Å². The number of halogens is 3. The summed E-state index contributed by atoms with van der Waals surface area (Å²) in [5.41, 5.74) is -0.700. The first-order valence-corrected chi connectivity index (χ1v) is 6.77. The number of carbonyl (C=O) groups is 2. The number of carbonyl (C=O) groups excluding carboxylic acids is 2. The van der Waals surface area contributed by atoms with Gasteiger partial charge in [-0.25, -0.2) is 0 Å². The molecule has 1 saturated carbocycles. The molecule has 1 heterocycles. The lowest BCUT2D eigenvalue weighted by molar-refractivity contribution is -0.137. The molecular weight excluding hydrogens is 283 g/mol. The molecule has 1 amide bonds. The molecule has 0 radical (unpaired) electrons. The molecule has 112 valence electrons.